The van der Waals surface area contributed by atoms with Crippen molar-refractivity contribution in [2.45, 2.75) is 45.1 Å². The molecule has 24 heavy (non-hydrogen) atoms. The predicted octanol–water partition coefficient (Wildman–Crippen LogP) is 3.46. The van der Waals surface area contributed by atoms with E-state index < -0.39 is 0 Å². The van der Waals surface area contributed by atoms with Gasteiger partial charge in [0.25, 0.3) is 5.91 Å². The number of aromatic nitrogens is 1. The SMILES string of the molecule is Cc1cc(NC(=O)CN(C(=O)c2cccs2)C2CCCCC2)no1. The molecule has 0 radical (unpaired) electrons. The Morgan fingerprint density at radius 3 is 2.79 bits per heavy atom. The van der Waals surface area contributed by atoms with Crippen molar-refractivity contribution in [1.29, 1.82) is 0 Å². The van der Waals surface area contributed by atoms with E-state index in [1.807, 2.05) is 17.5 Å². The smallest absolute Gasteiger partial charge is 0.264 e. The molecule has 0 saturated heterocycles. The van der Waals surface area contributed by atoms with E-state index in [2.05, 4.69) is 10.5 Å². The molecular formula is C17H21N3O3S. The van der Waals surface area contributed by atoms with E-state index in [9.17, 15) is 9.59 Å². The number of carbonyl (C=O) groups excluding carboxylic acids is 2. The normalized spacial score (nSPS) is 15.2. The molecule has 6 nitrogen and oxygen atoms in total. The molecule has 1 N–H and O–H groups in total. The molecule has 2 aromatic rings. The summed E-state index contributed by atoms with van der Waals surface area (Å²) in [6.45, 7) is 1.80. The lowest BCUT2D eigenvalue weighted by Crippen LogP contribution is -2.45. The number of anilines is 1. The van der Waals surface area contributed by atoms with Gasteiger partial charge in [-0.15, -0.1) is 11.3 Å². The van der Waals surface area contributed by atoms with Gasteiger partial charge in [0.05, 0.1) is 4.88 Å². The van der Waals surface area contributed by atoms with Gasteiger partial charge in [-0.2, -0.15) is 0 Å². The Kier molecular flexibility index (Phi) is 5.30. The molecule has 2 heterocycles. The van der Waals surface area contributed by atoms with E-state index in [1.165, 1.54) is 17.8 Å². The van der Waals surface area contributed by atoms with E-state index in [4.69, 9.17) is 4.52 Å². The predicted molar refractivity (Wildman–Crippen MR) is 92.1 cm³/mol. The van der Waals surface area contributed by atoms with Gasteiger partial charge in [-0.05, 0) is 31.2 Å². The summed E-state index contributed by atoms with van der Waals surface area (Å²) in [6.07, 6.45) is 5.30. The summed E-state index contributed by atoms with van der Waals surface area (Å²) in [5, 5.41) is 8.34. The molecular weight excluding hydrogens is 326 g/mol. The summed E-state index contributed by atoms with van der Waals surface area (Å²) in [6, 6.07) is 5.44. The van der Waals surface area contributed by atoms with Crippen LogP contribution in [0.25, 0.3) is 0 Å². The lowest BCUT2D eigenvalue weighted by atomic mass is 9.94. The minimum atomic E-state index is -0.251. The van der Waals surface area contributed by atoms with Crippen molar-refractivity contribution >= 4 is 29.0 Å². The highest BCUT2D eigenvalue weighted by Gasteiger charge is 2.28. The summed E-state index contributed by atoms with van der Waals surface area (Å²) in [4.78, 5) is 27.6. The highest BCUT2D eigenvalue weighted by molar-refractivity contribution is 7.12. The Hall–Kier alpha value is -2.15. The van der Waals surface area contributed by atoms with Gasteiger partial charge in [0, 0.05) is 12.1 Å². The molecule has 0 aromatic carbocycles. The summed E-state index contributed by atoms with van der Waals surface area (Å²) >= 11 is 1.41. The third kappa shape index (κ3) is 4.03. The maximum absolute atomic E-state index is 12.8. The number of aryl methyl sites for hydroxylation is 1. The zero-order valence-corrected chi connectivity index (χ0v) is 14.5. The van der Waals surface area contributed by atoms with E-state index in [0.717, 1.165) is 25.7 Å². The monoisotopic (exact) mass is 347 g/mol. The maximum atomic E-state index is 12.8. The maximum Gasteiger partial charge on any atom is 0.264 e. The number of nitrogens with zero attached hydrogens (tertiary/aromatic N) is 2. The number of hydrogen-bond donors (Lipinski definition) is 1. The van der Waals surface area contributed by atoms with Crippen LogP contribution in [0.3, 0.4) is 0 Å². The first kappa shape index (κ1) is 16.7. The van der Waals surface area contributed by atoms with Crippen molar-refractivity contribution < 1.29 is 14.1 Å². The minimum absolute atomic E-state index is 0.0350. The van der Waals surface area contributed by atoms with Gasteiger partial charge in [0.15, 0.2) is 5.82 Å². The van der Waals surface area contributed by atoms with Crippen LogP contribution in [0.2, 0.25) is 0 Å². The second kappa shape index (κ2) is 7.61. The number of amides is 2. The molecule has 0 bridgehead atoms. The molecule has 1 saturated carbocycles. The van der Waals surface area contributed by atoms with E-state index in [0.29, 0.717) is 16.5 Å². The molecule has 2 amide bonds. The Bertz CT molecular complexity index is 690. The fourth-order valence-corrected chi connectivity index (χ4v) is 3.74. The average molecular weight is 347 g/mol. The van der Waals surface area contributed by atoms with Crippen LogP contribution in [0.4, 0.5) is 5.82 Å². The minimum Gasteiger partial charge on any atom is -0.360 e. The molecule has 1 aliphatic rings. The van der Waals surface area contributed by atoms with Crippen LogP contribution >= 0.6 is 11.3 Å². The van der Waals surface area contributed by atoms with Crippen molar-refractivity contribution in [2.24, 2.45) is 0 Å². The van der Waals surface area contributed by atoms with Crippen LogP contribution in [0, 0.1) is 6.92 Å². The Balaban J connectivity index is 1.71. The van der Waals surface area contributed by atoms with Gasteiger partial charge in [-0.25, -0.2) is 0 Å². The Morgan fingerprint density at radius 1 is 1.38 bits per heavy atom. The molecule has 1 aliphatic carbocycles. The largest absolute Gasteiger partial charge is 0.360 e. The summed E-state index contributed by atoms with van der Waals surface area (Å²) in [5.74, 6) is 0.691. The van der Waals surface area contributed by atoms with Gasteiger partial charge in [0.2, 0.25) is 5.91 Å². The molecule has 1 fully saturated rings. The molecule has 0 atom stereocenters. The highest BCUT2D eigenvalue weighted by Crippen LogP contribution is 2.25. The van der Waals surface area contributed by atoms with Crippen LogP contribution in [0.1, 0.15) is 47.5 Å². The molecule has 0 unspecified atom stereocenters. The fraction of sp³-hybridized carbons (Fsp3) is 0.471. The summed E-state index contributed by atoms with van der Waals surface area (Å²) in [5.41, 5.74) is 0. The second-order valence-corrected chi connectivity index (χ2v) is 7.02. The first-order chi connectivity index (χ1) is 11.6. The van der Waals surface area contributed by atoms with Gasteiger partial charge in [0.1, 0.15) is 12.3 Å². The first-order valence-corrected chi connectivity index (χ1v) is 9.09. The summed E-state index contributed by atoms with van der Waals surface area (Å²) in [7, 11) is 0. The third-order valence-corrected chi connectivity index (χ3v) is 5.08. The standard InChI is InChI=1S/C17H21N3O3S/c1-12-10-15(19-23-12)18-16(21)11-20(13-6-3-2-4-7-13)17(22)14-8-5-9-24-14/h5,8-10,13H,2-4,6-7,11H2,1H3,(H,18,19,21). The van der Waals surface area contributed by atoms with Crippen molar-refractivity contribution in [1.82, 2.24) is 10.1 Å². The molecule has 128 valence electrons. The van der Waals surface area contributed by atoms with Crippen LogP contribution in [-0.4, -0.2) is 34.5 Å². The fourth-order valence-electron chi connectivity index (χ4n) is 3.06. The molecule has 7 heteroatoms. The first-order valence-electron chi connectivity index (χ1n) is 8.21. The number of rotatable bonds is 5. The van der Waals surface area contributed by atoms with Crippen molar-refractivity contribution in [3.63, 3.8) is 0 Å². The number of hydrogen-bond acceptors (Lipinski definition) is 5. The van der Waals surface area contributed by atoms with E-state index in [1.54, 1.807) is 17.9 Å². The quantitative estimate of drug-likeness (QED) is 0.899. The van der Waals surface area contributed by atoms with Crippen LogP contribution < -0.4 is 5.32 Å². The highest BCUT2D eigenvalue weighted by atomic mass is 32.1. The molecule has 0 aliphatic heterocycles. The zero-order chi connectivity index (χ0) is 16.9. The van der Waals surface area contributed by atoms with E-state index in [-0.39, 0.29) is 24.4 Å². The average Bonchev–Trinajstić information content (AvgIpc) is 3.25. The van der Waals surface area contributed by atoms with Crippen LogP contribution in [0.15, 0.2) is 28.1 Å². The summed E-state index contributed by atoms with van der Waals surface area (Å²) < 4.78 is 4.95. The Morgan fingerprint density at radius 2 is 2.17 bits per heavy atom. The lowest BCUT2D eigenvalue weighted by Gasteiger charge is -2.33. The van der Waals surface area contributed by atoms with E-state index >= 15 is 0 Å². The third-order valence-electron chi connectivity index (χ3n) is 4.22. The van der Waals surface area contributed by atoms with Gasteiger partial charge in [-0.1, -0.05) is 30.5 Å². The van der Waals surface area contributed by atoms with Crippen molar-refractivity contribution in [3.8, 4) is 0 Å². The second-order valence-electron chi connectivity index (χ2n) is 6.07. The van der Waals surface area contributed by atoms with Crippen LogP contribution in [0.5, 0.6) is 0 Å². The molecule has 3 rings (SSSR count). The Labute approximate surface area is 144 Å². The lowest BCUT2D eigenvalue weighted by molar-refractivity contribution is -0.117. The topological polar surface area (TPSA) is 75.4 Å². The zero-order valence-electron chi connectivity index (χ0n) is 13.7. The number of thiophene rings is 1. The number of carbonyl (C=O) groups is 2. The van der Waals surface area contributed by atoms with Crippen molar-refractivity contribution in [3.05, 3.63) is 34.2 Å². The van der Waals surface area contributed by atoms with Gasteiger partial charge in [-0.3, -0.25) is 9.59 Å². The van der Waals surface area contributed by atoms with Gasteiger partial charge >= 0.3 is 0 Å². The molecule has 0 spiro atoms. The molecule has 2 aromatic heterocycles. The van der Waals surface area contributed by atoms with Crippen LogP contribution in [-0.2, 0) is 4.79 Å². The van der Waals surface area contributed by atoms with Gasteiger partial charge < -0.3 is 14.7 Å². The number of nitrogens with one attached hydrogen (secondary N) is 1. The van der Waals surface area contributed by atoms with Crippen molar-refractivity contribution in [2.75, 3.05) is 11.9 Å².